The van der Waals surface area contributed by atoms with Gasteiger partial charge in [0.25, 0.3) is 0 Å². The van der Waals surface area contributed by atoms with Gasteiger partial charge in [0.1, 0.15) is 0 Å². The standard InChI is InChI=1S/C13H13N3O2/c1-9-6-11-12(15-9)14-8-16(13(11)17)4-2-10-3-5-18-7-10/h3,5-8,17H,2,4H2,1H3. The van der Waals surface area contributed by atoms with E-state index in [0.717, 1.165) is 17.7 Å². The SMILES string of the molecule is Cc1cc2c(O)n(CCc3ccoc3)cnc-2n1. The predicted octanol–water partition coefficient (Wildman–Crippen LogP) is 2.23. The van der Waals surface area contributed by atoms with Crippen molar-refractivity contribution in [1.29, 1.82) is 0 Å². The molecule has 5 nitrogen and oxygen atoms in total. The second-order valence-electron chi connectivity index (χ2n) is 4.28. The van der Waals surface area contributed by atoms with Gasteiger partial charge in [0.2, 0.25) is 5.88 Å². The van der Waals surface area contributed by atoms with Crippen LogP contribution in [0.1, 0.15) is 11.3 Å². The Hall–Kier alpha value is -2.30. The molecule has 2 aliphatic rings. The molecule has 3 heterocycles. The van der Waals surface area contributed by atoms with Crippen molar-refractivity contribution in [3.63, 3.8) is 0 Å². The minimum Gasteiger partial charge on any atom is -0.494 e. The van der Waals surface area contributed by atoms with Crippen LogP contribution in [0.25, 0.3) is 11.4 Å². The van der Waals surface area contributed by atoms with E-state index in [4.69, 9.17) is 4.42 Å². The third kappa shape index (κ3) is 1.84. The van der Waals surface area contributed by atoms with Gasteiger partial charge in [0, 0.05) is 12.2 Å². The largest absolute Gasteiger partial charge is 0.494 e. The number of rotatable bonds is 3. The van der Waals surface area contributed by atoms with Crippen molar-refractivity contribution >= 4 is 0 Å². The van der Waals surface area contributed by atoms with Crippen molar-refractivity contribution in [3.8, 4) is 17.3 Å². The maximum absolute atomic E-state index is 10.2. The molecule has 0 saturated heterocycles. The molecule has 18 heavy (non-hydrogen) atoms. The highest BCUT2D eigenvalue weighted by Crippen LogP contribution is 2.29. The van der Waals surface area contributed by atoms with E-state index in [0.29, 0.717) is 17.9 Å². The number of hydrogen-bond acceptors (Lipinski definition) is 4. The summed E-state index contributed by atoms with van der Waals surface area (Å²) in [5.74, 6) is 0.800. The summed E-state index contributed by atoms with van der Waals surface area (Å²) in [7, 11) is 0. The summed E-state index contributed by atoms with van der Waals surface area (Å²) >= 11 is 0. The fourth-order valence-corrected chi connectivity index (χ4v) is 1.98. The zero-order valence-corrected chi connectivity index (χ0v) is 10.00. The van der Waals surface area contributed by atoms with E-state index < -0.39 is 0 Å². The molecule has 1 aromatic rings. The zero-order chi connectivity index (χ0) is 12.5. The summed E-state index contributed by atoms with van der Waals surface area (Å²) in [5.41, 5.74) is 2.65. The first-order valence-corrected chi connectivity index (χ1v) is 5.76. The van der Waals surface area contributed by atoms with Crippen molar-refractivity contribution in [1.82, 2.24) is 14.5 Å². The maximum Gasteiger partial charge on any atom is 0.203 e. The van der Waals surface area contributed by atoms with E-state index in [1.807, 2.05) is 19.1 Å². The van der Waals surface area contributed by atoms with Crippen LogP contribution in [0.5, 0.6) is 5.88 Å². The lowest BCUT2D eigenvalue weighted by atomic mass is 10.2. The molecule has 92 valence electrons. The number of furan rings is 1. The summed E-state index contributed by atoms with van der Waals surface area (Å²) in [4.78, 5) is 8.46. The molecule has 2 aliphatic heterocycles. The number of aryl methyl sites for hydroxylation is 3. The number of fused-ring (bicyclic) bond motifs is 1. The van der Waals surface area contributed by atoms with E-state index in [2.05, 4.69) is 9.97 Å². The van der Waals surface area contributed by atoms with E-state index >= 15 is 0 Å². The smallest absolute Gasteiger partial charge is 0.203 e. The molecule has 3 rings (SSSR count). The third-order valence-corrected chi connectivity index (χ3v) is 2.93. The monoisotopic (exact) mass is 243 g/mol. The van der Waals surface area contributed by atoms with E-state index in [9.17, 15) is 5.11 Å². The average Bonchev–Trinajstić information content (AvgIpc) is 2.97. The van der Waals surface area contributed by atoms with E-state index in [1.54, 1.807) is 23.4 Å². The number of aromatic hydroxyl groups is 1. The van der Waals surface area contributed by atoms with Gasteiger partial charge in [-0.1, -0.05) is 0 Å². The lowest BCUT2D eigenvalue weighted by Crippen LogP contribution is -2.05. The van der Waals surface area contributed by atoms with Crippen LogP contribution >= 0.6 is 0 Å². The minimum absolute atomic E-state index is 0.212. The van der Waals surface area contributed by atoms with Crippen LogP contribution < -0.4 is 0 Å². The van der Waals surface area contributed by atoms with Gasteiger partial charge in [0.05, 0.1) is 24.4 Å². The molecule has 1 aromatic heterocycles. The van der Waals surface area contributed by atoms with Crippen LogP contribution in [0.4, 0.5) is 0 Å². The topological polar surface area (TPSA) is 64.1 Å². The molecule has 0 atom stereocenters. The minimum atomic E-state index is 0.212. The Morgan fingerprint density at radius 3 is 3.11 bits per heavy atom. The van der Waals surface area contributed by atoms with Crippen LogP contribution in [-0.4, -0.2) is 19.6 Å². The van der Waals surface area contributed by atoms with Gasteiger partial charge in [-0.05, 0) is 31.0 Å². The van der Waals surface area contributed by atoms with E-state index in [1.165, 1.54) is 0 Å². The van der Waals surface area contributed by atoms with Crippen molar-refractivity contribution in [3.05, 3.63) is 42.2 Å². The van der Waals surface area contributed by atoms with Gasteiger partial charge in [-0.3, -0.25) is 0 Å². The fourth-order valence-electron chi connectivity index (χ4n) is 1.98. The number of hydrogen-bond donors (Lipinski definition) is 1. The zero-order valence-electron chi connectivity index (χ0n) is 10.00. The molecule has 0 bridgehead atoms. The van der Waals surface area contributed by atoms with Crippen LogP contribution in [0, 0.1) is 6.92 Å². The highest BCUT2D eigenvalue weighted by molar-refractivity contribution is 5.64. The summed E-state index contributed by atoms with van der Waals surface area (Å²) in [5, 5.41) is 10.2. The van der Waals surface area contributed by atoms with Gasteiger partial charge < -0.3 is 14.1 Å². The molecular weight excluding hydrogens is 230 g/mol. The molecule has 0 radical (unpaired) electrons. The summed E-state index contributed by atoms with van der Waals surface area (Å²) < 4.78 is 6.73. The molecule has 0 aliphatic carbocycles. The van der Waals surface area contributed by atoms with Crippen molar-refractivity contribution in [2.24, 2.45) is 0 Å². The van der Waals surface area contributed by atoms with Crippen LogP contribution in [0.2, 0.25) is 0 Å². The highest BCUT2D eigenvalue weighted by atomic mass is 16.3. The normalized spacial score (nSPS) is 11.2. The number of nitrogens with zero attached hydrogens (tertiary/aromatic N) is 3. The van der Waals surface area contributed by atoms with Crippen molar-refractivity contribution in [2.45, 2.75) is 19.9 Å². The average molecular weight is 243 g/mol. The van der Waals surface area contributed by atoms with Gasteiger partial charge in [-0.15, -0.1) is 0 Å². The van der Waals surface area contributed by atoms with Crippen molar-refractivity contribution in [2.75, 3.05) is 0 Å². The molecule has 5 heteroatoms. The third-order valence-electron chi connectivity index (χ3n) is 2.93. The fraction of sp³-hybridized carbons (Fsp3) is 0.231. The highest BCUT2D eigenvalue weighted by Gasteiger charge is 2.15. The number of aromatic nitrogens is 3. The summed E-state index contributed by atoms with van der Waals surface area (Å²) in [6.07, 6.45) is 5.75. The molecule has 0 unspecified atom stereocenters. The Bertz CT molecular complexity index is 628. The Kier molecular flexibility index (Phi) is 2.51. The second kappa shape index (κ2) is 4.18. The molecular formula is C13H13N3O2. The molecule has 1 N–H and O–H groups in total. The molecule has 0 saturated carbocycles. The first kappa shape index (κ1) is 10.8. The first-order chi connectivity index (χ1) is 8.74. The first-order valence-electron chi connectivity index (χ1n) is 5.76. The van der Waals surface area contributed by atoms with Gasteiger partial charge in [-0.2, -0.15) is 0 Å². The van der Waals surface area contributed by atoms with Crippen LogP contribution in [-0.2, 0) is 13.0 Å². The summed E-state index contributed by atoms with van der Waals surface area (Å²) in [6.45, 7) is 2.54. The molecule has 0 fully saturated rings. The quantitative estimate of drug-likeness (QED) is 0.766. The second-order valence-corrected chi connectivity index (χ2v) is 4.28. The lowest BCUT2D eigenvalue weighted by molar-refractivity contribution is 0.409. The van der Waals surface area contributed by atoms with Crippen molar-refractivity contribution < 1.29 is 9.52 Å². The molecule has 0 spiro atoms. The lowest BCUT2D eigenvalue weighted by Gasteiger charge is -2.10. The Morgan fingerprint density at radius 1 is 1.44 bits per heavy atom. The Morgan fingerprint density at radius 2 is 2.33 bits per heavy atom. The van der Waals surface area contributed by atoms with E-state index in [-0.39, 0.29) is 5.88 Å². The maximum atomic E-state index is 10.2. The molecule has 0 amide bonds. The van der Waals surface area contributed by atoms with Gasteiger partial charge >= 0.3 is 0 Å². The van der Waals surface area contributed by atoms with Crippen LogP contribution in [0.15, 0.2) is 35.4 Å². The Balaban J connectivity index is 1.88. The summed E-state index contributed by atoms with van der Waals surface area (Å²) in [6, 6.07) is 3.75. The Labute approximate surface area is 104 Å². The van der Waals surface area contributed by atoms with Gasteiger partial charge in [-0.25, -0.2) is 9.97 Å². The predicted molar refractivity (Wildman–Crippen MR) is 65.5 cm³/mol. The van der Waals surface area contributed by atoms with Gasteiger partial charge in [0.15, 0.2) is 5.82 Å². The molecule has 0 aromatic carbocycles. The van der Waals surface area contributed by atoms with Crippen LogP contribution in [0.3, 0.4) is 0 Å².